The van der Waals surface area contributed by atoms with Crippen LogP contribution in [0, 0.1) is 13.8 Å². The maximum absolute atomic E-state index is 4.63. The number of fused-ring (bicyclic) bond motifs is 1. The number of hydrogen-bond donors (Lipinski definition) is 2. The van der Waals surface area contributed by atoms with Gasteiger partial charge in [0.15, 0.2) is 0 Å². The highest BCUT2D eigenvalue weighted by Gasteiger charge is 2.38. The molecule has 1 aliphatic carbocycles. The molecule has 1 fully saturated rings. The van der Waals surface area contributed by atoms with Gasteiger partial charge >= 0.3 is 0 Å². The summed E-state index contributed by atoms with van der Waals surface area (Å²) in [5, 5.41) is 4.69. The minimum absolute atomic E-state index is 0.248. The summed E-state index contributed by atoms with van der Waals surface area (Å²) in [6, 6.07) is 13.0. The Morgan fingerprint density at radius 2 is 1.91 bits per heavy atom. The lowest BCUT2D eigenvalue weighted by Crippen LogP contribution is -2.41. The second-order valence-corrected chi connectivity index (χ2v) is 6.69. The molecule has 3 aromatic rings. The third-order valence-electron chi connectivity index (χ3n) is 5.02. The highest BCUT2D eigenvalue weighted by molar-refractivity contribution is 5.87. The number of nitrogens with one attached hydrogen (secondary N) is 2. The van der Waals surface area contributed by atoms with Crippen molar-refractivity contribution in [1.82, 2.24) is 15.0 Å². The van der Waals surface area contributed by atoms with Gasteiger partial charge in [-0.2, -0.15) is 0 Å². The van der Waals surface area contributed by atoms with Crippen LogP contribution in [0.3, 0.4) is 0 Å². The van der Waals surface area contributed by atoms with Crippen molar-refractivity contribution in [3.8, 4) is 0 Å². The molecule has 1 saturated carbocycles. The van der Waals surface area contributed by atoms with Crippen LogP contribution in [0.25, 0.3) is 11.0 Å². The molecule has 1 aromatic carbocycles. The first-order valence-electron chi connectivity index (χ1n) is 8.30. The molecule has 1 aliphatic rings. The van der Waals surface area contributed by atoms with Gasteiger partial charge in [-0.05, 0) is 38.3 Å². The average Bonchev–Trinajstić information content (AvgIpc) is 2.87. The van der Waals surface area contributed by atoms with Crippen molar-refractivity contribution < 1.29 is 0 Å². The molecule has 23 heavy (non-hydrogen) atoms. The first-order valence-corrected chi connectivity index (χ1v) is 8.30. The van der Waals surface area contributed by atoms with E-state index in [0.29, 0.717) is 0 Å². The fourth-order valence-corrected chi connectivity index (χ4v) is 3.60. The normalized spacial score (nSPS) is 16.3. The Labute approximate surface area is 136 Å². The van der Waals surface area contributed by atoms with E-state index in [-0.39, 0.29) is 5.41 Å². The Bertz CT molecular complexity index is 831. The van der Waals surface area contributed by atoms with Crippen LogP contribution < -0.4 is 5.32 Å². The van der Waals surface area contributed by atoms with Crippen LogP contribution in [0.4, 0.5) is 5.82 Å². The zero-order chi connectivity index (χ0) is 15.9. The van der Waals surface area contributed by atoms with Crippen molar-refractivity contribution in [2.75, 3.05) is 11.9 Å². The quantitative estimate of drug-likeness (QED) is 0.762. The molecule has 118 valence electrons. The van der Waals surface area contributed by atoms with E-state index in [1.54, 1.807) is 0 Å². The third-order valence-corrected chi connectivity index (χ3v) is 5.02. The number of aryl methyl sites for hydroxylation is 2. The van der Waals surface area contributed by atoms with Crippen LogP contribution in [0.15, 0.2) is 36.4 Å². The Morgan fingerprint density at radius 3 is 2.61 bits per heavy atom. The van der Waals surface area contributed by atoms with Gasteiger partial charge in [0.2, 0.25) is 0 Å². The second-order valence-electron chi connectivity index (χ2n) is 6.69. The molecule has 4 heteroatoms. The van der Waals surface area contributed by atoms with Crippen molar-refractivity contribution in [3.05, 3.63) is 53.5 Å². The molecule has 0 unspecified atom stereocenters. The van der Waals surface area contributed by atoms with E-state index in [0.717, 1.165) is 34.9 Å². The number of H-pyrrole nitrogens is 1. The van der Waals surface area contributed by atoms with Gasteiger partial charge in [0, 0.05) is 17.7 Å². The Balaban J connectivity index is 1.64. The minimum atomic E-state index is 0.248. The molecule has 0 radical (unpaired) electrons. The molecule has 0 amide bonds. The molecule has 2 heterocycles. The fourth-order valence-electron chi connectivity index (χ4n) is 3.60. The van der Waals surface area contributed by atoms with E-state index in [9.17, 15) is 0 Å². The van der Waals surface area contributed by atoms with Crippen molar-refractivity contribution in [1.29, 1.82) is 0 Å². The first kappa shape index (κ1) is 14.2. The summed E-state index contributed by atoms with van der Waals surface area (Å²) >= 11 is 0. The molecule has 0 bridgehead atoms. The lowest BCUT2D eigenvalue weighted by atomic mass is 9.64. The van der Waals surface area contributed by atoms with Gasteiger partial charge < -0.3 is 10.3 Å². The molecule has 0 spiro atoms. The van der Waals surface area contributed by atoms with E-state index < -0.39 is 0 Å². The maximum atomic E-state index is 4.63. The van der Waals surface area contributed by atoms with Gasteiger partial charge in [-0.1, -0.05) is 36.8 Å². The van der Waals surface area contributed by atoms with Crippen LogP contribution in [0.1, 0.15) is 36.3 Å². The predicted octanol–water partition coefficient (Wildman–Crippen LogP) is 4.11. The van der Waals surface area contributed by atoms with Crippen LogP contribution in [-0.2, 0) is 5.41 Å². The summed E-state index contributed by atoms with van der Waals surface area (Å²) < 4.78 is 0. The molecule has 0 aliphatic heterocycles. The standard InChI is InChI=1S/C19H22N4/c1-13-11-16-17(22-14(2)23-18(16)21-13)20-12-19(9-6-10-19)15-7-4-3-5-8-15/h3-5,7-8,11H,6,9-10,12H2,1-2H3,(H2,20,21,22,23). The van der Waals surface area contributed by atoms with Crippen molar-refractivity contribution in [2.45, 2.75) is 38.5 Å². The number of anilines is 1. The fraction of sp³-hybridized carbons (Fsp3) is 0.368. The smallest absolute Gasteiger partial charge is 0.143 e. The van der Waals surface area contributed by atoms with Gasteiger partial charge in [-0.15, -0.1) is 0 Å². The number of aromatic nitrogens is 3. The molecule has 2 aromatic heterocycles. The van der Waals surface area contributed by atoms with Crippen molar-refractivity contribution in [2.24, 2.45) is 0 Å². The highest BCUT2D eigenvalue weighted by Crippen LogP contribution is 2.43. The second kappa shape index (κ2) is 5.37. The van der Waals surface area contributed by atoms with Gasteiger partial charge in [-0.3, -0.25) is 0 Å². The SMILES string of the molecule is Cc1nc(NCC2(c3ccccc3)CCC2)c2cc(C)[nH]c2n1. The zero-order valence-corrected chi connectivity index (χ0v) is 13.7. The predicted molar refractivity (Wildman–Crippen MR) is 93.8 cm³/mol. The summed E-state index contributed by atoms with van der Waals surface area (Å²) in [5.41, 5.74) is 3.72. The number of nitrogens with zero attached hydrogens (tertiary/aromatic N) is 2. The Hall–Kier alpha value is -2.36. The van der Waals surface area contributed by atoms with Crippen LogP contribution in [0.2, 0.25) is 0 Å². The zero-order valence-electron chi connectivity index (χ0n) is 13.7. The molecule has 4 rings (SSSR count). The summed E-state index contributed by atoms with van der Waals surface area (Å²) in [7, 11) is 0. The lowest BCUT2D eigenvalue weighted by molar-refractivity contribution is 0.260. The maximum Gasteiger partial charge on any atom is 0.143 e. The van der Waals surface area contributed by atoms with E-state index in [4.69, 9.17) is 0 Å². The highest BCUT2D eigenvalue weighted by atomic mass is 15.1. The number of rotatable bonds is 4. The summed E-state index contributed by atoms with van der Waals surface area (Å²) in [6.07, 6.45) is 3.78. The molecule has 0 saturated heterocycles. The summed E-state index contributed by atoms with van der Waals surface area (Å²) in [5.74, 6) is 1.74. The number of aromatic amines is 1. The van der Waals surface area contributed by atoms with E-state index in [2.05, 4.69) is 63.6 Å². The largest absolute Gasteiger partial charge is 0.369 e. The molecule has 4 nitrogen and oxygen atoms in total. The Kier molecular flexibility index (Phi) is 3.33. The van der Waals surface area contributed by atoms with Crippen molar-refractivity contribution in [3.63, 3.8) is 0 Å². The van der Waals surface area contributed by atoms with E-state index in [1.165, 1.54) is 24.8 Å². The summed E-state index contributed by atoms with van der Waals surface area (Å²) in [6.45, 7) is 4.92. The molecule has 2 N–H and O–H groups in total. The van der Waals surface area contributed by atoms with E-state index in [1.807, 2.05) is 6.92 Å². The number of benzene rings is 1. The number of hydrogen-bond acceptors (Lipinski definition) is 3. The minimum Gasteiger partial charge on any atom is -0.369 e. The average molecular weight is 306 g/mol. The molecule has 0 atom stereocenters. The van der Waals surface area contributed by atoms with Crippen LogP contribution in [-0.4, -0.2) is 21.5 Å². The van der Waals surface area contributed by atoms with Gasteiger partial charge in [-0.25, -0.2) is 9.97 Å². The van der Waals surface area contributed by atoms with Crippen molar-refractivity contribution >= 4 is 16.9 Å². The lowest BCUT2D eigenvalue weighted by Gasteiger charge is -2.42. The van der Waals surface area contributed by atoms with Gasteiger partial charge in [0.25, 0.3) is 0 Å². The topological polar surface area (TPSA) is 53.6 Å². The third kappa shape index (κ3) is 2.48. The first-order chi connectivity index (χ1) is 11.2. The molecular weight excluding hydrogens is 284 g/mol. The monoisotopic (exact) mass is 306 g/mol. The molecular formula is C19H22N4. The van der Waals surface area contributed by atoms with Crippen LogP contribution in [0.5, 0.6) is 0 Å². The Morgan fingerprint density at radius 1 is 1.13 bits per heavy atom. The van der Waals surface area contributed by atoms with Gasteiger partial charge in [0.05, 0.1) is 5.39 Å². The van der Waals surface area contributed by atoms with Gasteiger partial charge in [0.1, 0.15) is 17.3 Å². The summed E-state index contributed by atoms with van der Waals surface area (Å²) in [4.78, 5) is 12.4. The van der Waals surface area contributed by atoms with E-state index >= 15 is 0 Å². The van der Waals surface area contributed by atoms with Crippen LogP contribution >= 0.6 is 0 Å².